The van der Waals surface area contributed by atoms with E-state index in [-0.39, 0.29) is 36.9 Å². The molecule has 0 spiro atoms. The van der Waals surface area contributed by atoms with E-state index in [1.807, 2.05) is 37.3 Å². The second kappa shape index (κ2) is 10.5. The summed E-state index contributed by atoms with van der Waals surface area (Å²) in [5.41, 5.74) is 5.46. The number of carbonyl (C=O) groups is 1. The summed E-state index contributed by atoms with van der Waals surface area (Å²) in [6.45, 7) is 2.69. The number of hydrogen-bond acceptors (Lipinski definition) is 4. The van der Waals surface area contributed by atoms with E-state index >= 15 is 0 Å². The van der Waals surface area contributed by atoms with Crippen LogP contribution in [0.1, 0.15) is 13.3 Å². The molecule has 2 atom stereocenters. The van der Waals surface area contributed by atoms with Gasteiger partial charge in [0, 0.05) is 13.7 Å². The lowest BCUT2D eigenvalue weighted by molar-refractivity contribution is -0.123. The Hall–Kier alpha value is -1.30. The Labute approximate surface area is 126 Å². The summed E-state index contributed by atoms with van der Waals surface area (Å²) in [4.78, 5) is 11.6. The average Bonchev–Trinajstić information content (AvgIpc) is 2.43. The Balaban J connectivity index is 0.00000361. The van der Waals surface area contributed by atoms with Crippen LogP contribution in [0.25, 0.3) is 0 Å². The van der Waals surface area contributed by atoms with Crippen LogP contribution in [-0.4, -0.2) is 38.3 Å². The minimum atomic E-state index is -0.231. The average molecular weight is 303 g/mol. The first-order chi connectivity index (χ1) is 9.15. The molecule has 1 amide bonds. The van der Waals surface area contributed by atoms with Crippen molar-refractivity contribution in [1.29, 1.82) is 0 Å². The number of para-hydroxylation sites is 1. The molecule has 0 aliphatic carbocycles. The van der Waals surface area contributed by atoms with Crippen LogP contribution in [0.4, 0.5) is 0 Å². The highest BCUT2D eigenvalue weighted by Gasteiger charge is 2.12. The molecule has 0 bridgehead atoms. The highest BCUT2D eigenvalue weighted by molar-refractivity contribution is 5.85. The molecular weight excluding hydrogens is 280 g/mol. The number of ether oxygens (including phenoxy) is 2. The van der Waals surface area contributed by atoms with Crippen molar-refractivity contribution in [3.63, 3.8) is 0 Å². The topological polar surface area (TPSA) is 73.6 Å². The number of nitrogens with one attached hydrogen (secondary N) is 1. The normalized spacial score (nSPS) is 12.9. The van der Waals surface area contributed by atoms with Crippen molar-refractivity contribution in [2.24, 2.45) is 5.73 Å². The van der Waals surface area contributed by atoms with Gasteiger partial charge in [-0.15, -0.1) is 12.4 Å². The minimum Gasteiger partial charge on any atom is -0.489 e. The van der Waals surface area contributed by atoms with Crippen LogP contribution in [0, 0.1) is 0 Å². The summed E-state index contributed by atoms with van der Waals surface area (Å²) in [5.74, 6) is 0.710. The monoisotopic (exact) mass is 302 g/mol. The van der Waals surface area contributed by atoms with Crippen molar-refractivity contribution in [2.75, 3.05) is 20.2 Å². The van der Waals surface area contributed by atoms with E-state index in [4.69, 9.17) is 15.2 Å². The molecule has 6 heteroatoms. The van der Waals surface area contributed by atoms with Crippen molar-refractivity contribution < 1.29 is 14.3 Å². The third-order valence-electron chi connectivity index (χ3n) is 2.68. The fourth-order valence-corrected chi connectivity index (χ4v) is 1.57. The van der Waals surface area contributed by atoms with Gasteiger partial charge >= 0.3 is 0 Å². The summed E-state index contributed by atoms with van der Waals surface area (Å²) in [7, 11) is 1.55. The second-order valence-electron chi connectivity index (χ2n) is 4.34. The number of hydrogen-bond donors (Lipinski definition) is 2. The molecule has 1 aromatic carbocycles. The third-order valence-corrected chi connectivity index (χ3v) is 2.68. The molecule has 20 heavy (non-hydrogen) atoms. The largest absolute Gasteiger partial charge is 0.489 e. The van der Waals surface area contributed by atoms with Crippen molar-refractivity contribution >= 4 is 18.3 Å². The highest BCUT2D eigenvalue weighted by atomic mass is 35.5. The quantitative estimate of drug-likeness (QED) is 0.760. The van der Waals surface area contributed by atoms with Crippen LogP contribution >= 0.6 is 12.4 Å². The van der Waals surface area contributed by atoms with Crippen molar-refractivity contribution in [3.05, 3.63) is 30.3 Å². The van der Waals surface area contributed by atoms with Crippen LogP contribution < -0.4 is 15.8 Å². The summed E-state index contributed by atoms with van der Waals surface area (Å²) in [6, 6.07) is 9.51. The van der Waals surface area contributed by atoms with E-state index in [0.29, 0.717) is 13.1 Å². The lowest BCUT2D eigenvalue weighted by Gasteiger charge is -2.17. The Morgan fingerprint density at radius 2 is 2.00 bits per heavy atom. The first-order valence-corrected chi connectivity index (χ1v) is 6.37. The molecule has 0 aromatic heterocycles. The van der Waals surface area contributed by atoms with Gasteiger partial charge in [0.05, 0.1) is 19.1 Å². The molecule has 0 aliphatic heterocycles. The molecule has 3 N–H and O–H groups in total. The van der Waals surface area contributed by atoms with Crippen LogP contribution in [0.3, 0.4) is 0 Å². The van der Waals surface area contributed by atoms with Crippen molar-refractivity contribution in [1.82, 2.24) is 5.32 Å². The van der Waals surface area contributed by atoms with Gasteiger partial charge in [0.25, 0.3) is 0 Å². The molecule has 1 rings (SSSR count). The van der Waals surface area contributed by atoms with Crippen LogP contribution in [-0.2, 0) is 9.53 Å². The standard InChI is InChI=1S/C14H22N2O3.ClH/c1-11(19-12-6-4-3-5-7-12)10-16-14(17)8-13(9-15)18-2;/h3-7,11,13H,8-10,15H2,1-2H3,(H,16,17);1H. The number of nitrogens with two attached hydrogens (primary N) is 1. The maximum absolute atomic E-state index is 11.6. The Bertz CT molecular complexity index is 372. The molecule has 0 radical (unpaired) electrons. The second-order valence-corrected chi connectivity index (χ2v) is 4.34. The van der Waals surface area contributed by atoms with Crippen molar-refractivity contribution in [3.8, 4) is 5.75 Å². The fraction of sp³-hybridized carbons (Fsp3) is 0.500. The summed E-state index contributed by atoms with van der Waals surface area (Å²) in [6.07, 6.45) is -0.0546. The van der Waals surface area contributed by atoms with E-state index in [0.717, 1.165) is 5.75 Å². The zero-order valence-corrected chi connectivity index (χ0v) is 12.7. The molecule has 0 aliphatic rings. The van der Waals surface area contributed by atoms with Gasteiger partial charge in [-0.1, -0.05) is 18.2 Å². The molecule has 114 valence electrons. The van der Waals surface area contributed by atoms with Gasteiger partial charge in [-0.05, 0) is 19.1 Å². The molecule has 0 saturated heterocycles. The fourth-order valence-electron chi connectivity index (χ4n) is 1.57. The van der Waals surface area contributed by atoms with E-state index in [1.165, 1.54) is 0 Å². The summed E-state index contributed by atoms with van der Waals surface area (Å²) < 4.78 is 10.7. The SMILES string of the molecule is COC(CN)CC(=O)NCC(C)Oc1ccccc1.Cl. The first-order valence-electron chi connectivity index (χ1n) is 6.37. The van der Waals surface area contributed by atoms with Crippen molar-refractivity contribution in [2.45, 2.75) is 25.6 Å². The lowest BCUT2D eigenvalue weighted by Crippen LogP contribution is -2.37. The molecule has 2 unspecified atom stereocenters. The van der Waals surface area contributed by atoms with Crippen LogP contribution in [0.2, 0.25) is 0 Å². The van der Waals surface area contributed by atoms with Gasteiger partial charge in [-0.2, -0.15) is 0 Å². The van der Waals surface area contributed by atoms with E-state index in [2.05, 4.69) is 5.32 Å². The molecule has 1 aromatic rings. The molecule has 0 saturated carbocycles. The predicted molar refractivity (Wildman–Crippen MR) is 81.3 cm³/mol. The molecule has 0 heterocycles. The maximum Gasteiger partial charge on any atom is 0.222 e. The minimum absolute atomic E-state index is 0. The Kier molecular flexibility index (Phi) is 9.80. The number of carbonyl (C=O) groups excluding carboxylic acids is 1. The molecule has 0 fully saturated rings. The number of halogens is 1. The van der Waals surface area contributed by atoms with Gasteiger partial charge in [-0.3, -0.25) is 4.79 Å². The highest BCUT2D eigenvalue weighted by Crippen LogP contribution is 2.10. The van der Waals surface area contributed by atoms with Gasteiger partial charge in [0.15, 0.2) is 0 Å². The van der Waals surface area contributed by atoms with Crippen LogP contribution in [0.15, 0.2) is 30.3 Å². The zero-order valence-electron chi connectivity index (χ0n) is 11.9. The molecule has 5 nitrogen and oxygen atoms in total. The Morgan fingerprint density at radius 3 is 2.55 bits per heavy atom. The number of rotatable bonds is 8. The molecular formula is C14H23ClN2O3. The van der Waals surface area contributed by atoms with Crippen LogP contribution in [0.5, 0.6) is 5.75 Å². The smallest absolute Gasteiger partial charge is 0.222 e. The Morgan fingerprint density at radius 1 is 1.35 bits per heavy atom. The van der Waals surface area contributed by atoms with E-state index < -0.39 is 0 Å². The number of methoxy groups -OCH3 is 1. The van der Waals surface area contributed by atoms with E-state index in [9.17, 15) is 4.79 Å². The summed E-state index contributed by atoms with van der Waals surface area (Å²) >= 11 is 0. The van der Waals surface area contributed by atoms with Gasteiger partial charge < -0.3 is 20.5 Å². The van der Waals surface area contributed by atoms with Gasteiger partial charge in [0.2, 0.25) is 5.91 Å². The summed E-state index contributed by atoms with van der Waals surface area (Å²) in [5, 5.41) is 2.80. The zero-order chi connectivity index (χ0) is 14.1. The van der Waals surface area contributed by atoms with Gasteiger partial charge in [0.1, 0.15) is 11.9 Å². The lowest BCUT2D eigenvalue weighted by atomic mass is 10.2. The first kappa shape index (κ1) is 18.7. The third kappa shape index (κ3) is 7.33. The van der Waals surface area contributed by atoms with E-state index in [1.54, 1.807) is 7.11 Å². The number of benzene rings is 1. The maximum atomic E-state index is 11.6. The number of amides is 1. The van der Waals surface area contributed by atoms with Gasteiger partial charge in [-0.25, -0.2) is 0 Å². The predicted octanol–water partition coefficient (Wildman–Crippen LogP) is 1.36.